The van der Waals surface area contributed by atoms with Gasteiger partial charge in [-0.05, 0) is 12.3 Å². The molecule has 0 heterocycles. The highest BCUT2D eigenvalue weighted by molar-refractivity contribution is 5.93. The minimum absolute atomic E-state index is 0.119. The van der Waals surface area contributed by atoms with Crippen molar-refractivity contribution in [2.24, 2.45) is 11.8 Å². The van der Waals surface area contributed by atoms with Gasteiger partial charge < -0.3 is 9.84 Å². The van der Waals surface area contributed by atoms with E-state index in [1.54, 1.807) is 0 Å². The van der Waals surface area contributed by atoms with Gasteiger partial charge >= 0.3 is 5.97 Å². The van der Waals surface area contributed by atoms with E-state index in [-0.39, 0.29) is 17.5 Å². The smallest absolute Gasteiger partial charge is 0.316 e. The predicted molar refractivity (Wildman–Crippen MR) is 54.2 cm³/mol. The van der Waals surface area contributed by atoms with Gasteiger partial charge in [0.1, 0.15) is 11.7 Å². The van der Waals surface area contributed by atoms with Crippen molar-refractivity contribution in [3.8, 4) is 0 Å². The fraction of sp³-hybridized carbons (Fsp3) is 0.636. The molecule has 0 aromatic heterocycles. The number of aliphatic hydroxyl groups excluding tert-OH is 1. The first-order chi connectivity index (χ1) is 7.10. The Kier molecular flexibility index (Phi) is 3.88. The van der Waals surface area contributed by atoms with Crippen LogP contribution in [-0.4, -0.2) is 24.0 Å². The molecule has 0 spiro atoms. The van der Waals surface area contributed by atoms with Gasteiger partial charge in [-0.1, -0.05) is 13.3 Å². The fourth-order valence-corrected chi connectivity index (χ4v) is 2.01. The van der Waals surface area contributed by atoms with Crippen LogP contribution in [-0.2, 0) is 14.3 Å². The van der Waals surface area contributed by atoms with Gasteiger partial charge in [-0.3, -0.25) is 9.59 Å². The Morgan fingerprint density at radius 2 is 2.33 bits per heavy atom. The van der Waals surface area contributed by atoms with E-state index in [2.05, 4.69) is 4.74 Å². The summed E-state index contributed by atoms with van der Waals surface area (Å²) >= 11 is 0. The lowest BCUT2D eigenvalue weighted by Crippen LogP contribution is -2.32. The van der Waals surface area contributed by atoms with Gasteiger partial charge in [0, 0.05) is 12.5 Å². The van der Waals surface area contributed by atoms with Crippen molar-refractivity contribution in [1.82, 2.24) is 0 Å². The van der Waals surface area contributed by atoms with Crippen LogP contribution in [0.4, 0.5) is 0 Å². The van der Waals surface area contributed by atoms with Crippen LogP contribution in [0.5, 0.6) is 0 Å². The predicted octanol–water partition coefficient (Wildman–Crippen LogP) is 1.61. The van der Waals surface area contributed by atoms with Gasteiger partial charge in [0.05, 0.1) is 7.11 Å². The summed E-state index contributed by atoms with van der Waals surface area (Å²) in [6, 6.07) is 0. The monoisotopic (exact) mass is 212 g/mol. The number of aliphatic hydroxyl groups is 1. The highest BCUT2D eigenvalue weighted by atomic mass is 16.5. The molecule has 0 saturated carbocycles. The molecular weight excluding hydrogens is 196 g/mol. The first kappa shape index (κ1) is 11.8. The van der Waals surface area contributed by atoms with Crippen LogP contribution >= 0.6 is 0 Å². The summed E-state index contributed by atoms with van der Waals surface area (Å²) in [5.74, 6) is -1.52. The lowest BCUT2D eigenvalue weighted by molar-refractivity contribution is -0.147. The molecule has 0 radical (unpaired) electrons. The maximum Gasteiger partial charge on any atom is 0.316 e. The van der Waals surface area contributed by atoms with Gasteiger partial charge in [-0.2, -0.15) is 0 Å². The molecule has 2 atom stereocenters. The van der Waals surface area contributed by atoms with Gasteiger partial charge in [-0.25, -0.2) is 0 Å². The summed E-state index contributed by atoms with van der Waals surface area (Å²) in [7, 11) is 1.29. The average Bonchev–Trinajstić information content (AvgIpc) is 2.16. The number of carbonyl (C=O) groups is 2. The zero-order valence-corrected chi connectivity index (χ0v) is 9.03. The maximum atomic E-state index is 11.4. The van der Waals surface area contributed by atoms with Crippen LogP contribution in [0.15, 0.2) is 11.8 Å². The van der Waals surface area contributed by atoms with Crippen LogP contribution in [0, 0.1) is 11.8 Å². The molecule has 0 aromatic rings. The molecule has 0 fully saturated rings. The second kappa shape index (κ2) is 4.96. The average molecular weight is 212 g/mol. The molecule has 0 saturated heterocycles. The molecule has 1 aliphatic rings. The molecule has 1 rings (SSSR count). The number of carbonyl (C=O) groups excluding carboxylic acids is 2. The number of rotatable bonds is 3. The standard InChI is InChI=1S/C11H16O4/c1-3-4-7-5-8(12)6-9(13)10(7)11(14)15-2/h6-7,10,13H,3-5H2,1-2H3. The molecule has 0 amide bonds. The number of hydrogen-bond donors (Lipinski definition) is 1. The molecule has 15 heavy (non-hydrogen) atoms. The lowest BCUT2D eigenvalue weighted by Gasteiger charge is -2.26. The molecule has 4 nitrogen and oxygen atoms in total. The summed E-state index contributed by atoms with van der Waals surface area (Å²) in [5, 5.41) is 9.58. The zero-order chi connectivity index (χ0) is 11.4. The van der Waals surface area contributed by atoms with Crippen molar-refractivity contribution < 1.29 is 19.4 Å². The number of hydrogen-bond acceptors (Lipinski definition) is 4. The maximum absolute atomic E-state index is 11.4. The Labute approximate surface area is 88.9 Å². The van der Waals surface area contributed by atoms with Crippen molar-refractivity contribution in [1.29, 1.82) is 0 Å². The van der Waals surface area contributed by atoms with Crippen molar-refractivity contribution in [3.63, 3.8) is 0 Å². The van der Waals surface area contributed by atoms with E-state index in [0.717, 1.165) is 18.9 Å². The van der Waals surface area contributed by atoms with Crippen LogP contribution in [0.2, 0.25) is 0 Å². The molecule has 0 bridgehead atoms. The number of esters is 1. The number of methoxy groups -OCH3 is 1. The van der Waals surface area contributed by atoms with Crippen LogP contribution in [0.25, 0.3) is 0 Å². The first-order valence-corrected chi connectivity index (χ1v) is 5.11. The third-order valence-electron chi connectivity index (χ3n) is 2.68. The number of ether oxygens (including phenoxy) is 1. The van der Waals surface area contributed by atoms with E-state index in [1.807, 2.05) is 6.92 Å². The first-order valence-electron chi connectivity index (χ1n) is 5.11. The third kappa shape index (κ3) is 2.58. The van der Waals surface area contributed by atoms with Gasteiger partial charge in [0.15, 0.2) is 5.78 Å². The highest BCUT2D eigenvalue weighted by Crippen LogP contribution is 2.31. The molecule has 0 aromatic carbocycles. The molecular formula is C11H16O4. The van der Waals surface area contributed by atoms with Crippen molar-refractivity contribution in [3.05, 3.63) is 11.8 Å². The second-order valence-corrected chi connectivity index (χ2v) is 3.79. The van der Waals surface area contributed by atoms with E-state index in [4.69, 9.17) is 0 Å². The van der Waals surface area contributed by atoms with E-state index >= 15 is 0 Å². The van der Waals surface area contributed by atoms with E-state index in [0.29, 0.717) is 6.42 Å². The fourth-order valence-electron chi connectivity index (χ4n) is 2.01. The molecule has 0 aliphatic heterocycles. The Hall–Kier alpha value is -1.32. The number of allylic oxidation sites excluding steroid dienone is 1. The summed E-state index contributed by atoms with van der Waals surface area (Å²) < 4.78 is 4.62. The SMILES string of the molecule is CCCC1CC(=O)C=C(O)C1C(=O)OC. The van der Waals surface area contributed by atoms with Crippen LogP contribution in [0.1, 0.15) is 26.2 Å². The van der Waals surface area contributed by atoms with Crippen LogP contribution < -0.4 is 0 Å². The largest absolute Gasteiger partial charge is 0.511 e. The van der Waals surface area contributed by atoms with Crippen molar-refractivity contribution >= 4 is 11.8 Å². The summed E-state index contributed by atoms with van der Waals surface area (Å²) in [5.41, 5.74) is 0. The Morgan fingerprint density at radius 1 is 1.67 bits per heavy atom. The second-order valence-electron chi connectivity index (χ2n) is 3.79. The minimum atomic E-state index is -0.660. The van der Waals surface area contributed by atoms with Crippen molar-refractivity contribution in [2.45, 2.75) is 26.2 Å². The summed E-state index contributed by atoms with van der Waals surface area (Å²) in [6.45, 7) is 1.98. The van der Waals surface area contributed by atoms with E-state index in [9.17, 15) is 14.7 Å². The topological polar surface area (TPSA) is 63.6 Å². The molecule has 4 heteroatoms. The quantitative estimate of drug-likeness (QED) is 0.722. The van der Waals surface area contributed by atoms with Crippen molar-refractivity contribution in [2.75, 3.05) is 7.11 Å². The molecule has 84 valence electrons. The molecule has 1 N–H and O–H groups in total. The minimum Gasteiger partial charge on any atom is -0.511 e. The lowest BCUT2D eigenvalue weighted by atomic mass is 9.79. The van der Waals surface area contributed by atoms with Crippen LogP contribution in [0.3, 0.4) is 0 Å². The van der Waals surface area contributed by atoms with E-state index in [1.165, 1.54) is 7.11 Å². The zero-order valence-electron chi connectivity index (χ0n) is 9.03. The van der Waals surface area contributed by atoms with Gasteiger partial charge in [0.2, 0.25) is 0 Å². The van der Waals surface area contributed by atoms with E-state index < -0.39 is 11.9 Å². The Morgan fingerprint density at radius 3 is 2.87 bits per heavy atom. The molecule has 2 unspecified atom stereocenters. The van der Waals surface area contributed by atoms with Gasteiger partial charge in [0.25, 0.3) is 0 Å². The normalized spacial score (nSPS) is 26.0. The third-order valence-corrected chi connectivity index (χ3v) is 2.68. The summed E-state index contributed by atoms with van der Waals surface area (Å²) in [6.07, 6.45) is 3.06. The number of ketones is 1. The molecule has 1 aliphatic carbocycles. The Bertz CT molecular complexity index is 293. The van der Waals surface area contributed by atoms with Gasteiger partial charge in [-0.15, -0.1) is 0 Å². The summed E-state index contributed by atoms with van der Waals surface area (Å²) in [4.78, 5) is 22.7. The highest BCUT2D eigenvalue weighted by Gasteiger charge is 2.36. The Balaban J connectivity index is 2.90.